The number of likely N-dealkylation sites (tertiary alicyclic amines) is 1. The first-order chi connectivity index (χ1) is 7.33. The zero-order valence-electron chi connectivity index (χ0n) is 9.42. The van der Waals surface area contributed by atoms with Crippen LogP contribution in [0.1, 0.15) is 20.3 Å². The van der Waals surface area contributed by atoms with Crippen LogP contribution in [0, 0.1) is 17.8 Å². The molecule has 1 aliphatic carbocycles. The predicted molar refractivity (Wildman–Crippen MR) is 52.9 cm³/mol. The van der Waals surface area contributed by atoms with Gasteiger partial charge in [-0.1, -0.05) is 13.8 Å². The van der Waals surface area contributed by atoms with Crippen molar-refractivity contribution in [2.75, 3.05) is 13.1 Å². The summed E-state index contributed by atoms with van der Waals surface area (Å²) in [5, 5.41) is 0. The highest BCUT2D eigenvalue weighted by Crippen LogP contribution is 2.50. The molecule has 92 valence electrons. The zero-order valence-corrected chi connectivity index (χ0v) is 9.42. The lowest BCUT2D eigenvalue weighted by Crippen LogP contribution is -2.32. The van der Waals surface area contributed by atoms with Crippen molar-refractivity contribution in [1.82, 2.24) is 4.90 Å². The summed E-state index contributed by atoms with van der Waals surface area (Å²) in [5.41, 5.74) is 0. The summed E-state index contributed by atoms with van der Waals surface area (Å²) in [6.45, 7) is 4.03. The van der Waals surface area contributed by atoms with Crippen molar-refractivity contribution in [3.63, 3.8) is 0 Å². The molecule has 0 aromatic carbocycles. The van der Waals surface area contributed by atoms with E-state index in [2.05, 4.69) is 0 Å². The zero-order chi connectivity index (χ0) is 12.1. The number of carbonyl (C=O) groups is 1. The molecule has 3 unspecified atom stereocenters. The Morgan fingerprint density at radius 1 is 1.38 bits per heavy atom. The molecular formula is C11H16F3NO. The van der Waals surface area contributed by atoms with Gasteiger partial charge >= 0.3 is 0 Å². The molecule has 1 heterocycles. The molecule has 1 amide bonds. The molecule has 16 heavy (non-hydrogen) atoms. The van der Waals surface area contributed by atoms with Crippen LogP contribution < -0.4 is 0 Å². The fraction of sp³-hybridized carbons (Fsp3) is 0.909. The molecule has 0 aromatic heterocycles. The highest BCUT2D eigenvalue weighted by molar-refractivity contribution is 5.83. The number of hydrogen-bond donors (Lipinski definition) is 0. The number of amides is 1. The monoisotopic (exact) mass is 235 g/mol. The van der Waals surface area contributed by atoms with Crippen LogP contribution in [-0.2, 0) is 4.79 Å². The third-order valence-electron chi connectivity index (χ3n) is 3.58. The number of alkyl halides is 3. The lowest BCUT2D eigenvalue weighted by Gasteiger charge is -2.17. The van der Waals surface area contributed by atoms with Gasteiger partial charge in [-0.3, -0.25) is 4.79 Å². The summed E-state index contributed by atoms with van der Waals surface area (Å²) in [4.78, 5) is 12.9. The maximum Gasteiger partial charge on any atom is 0.260 e. The molecule has 0 spiro atoms. The highest BCUT2D eigenvalue weighted by atomic mass is 19.3. The van der Waals surface area contributed by atoms with Gasteiger partial charge in [0.1, 0.15) is 12.1 Å². The molecule has 2 fully saturated rings. The summed E-state index contributed by atoms with van der Waals surface area (Å²) in [6, 6.07) is 0. The van der Waals surface area contributed by atoms with Gasteiger partial charge in [-0.15, -0.1) is 0 Å². The second-order valence-corrected chi connectivity index (χ2v) is 5.18. The van der Waals surface area contributed by atoms with E-state index in [0.717, 1.165) is 0 Å². The Hall–Kier alpha value is -0.740. The van der Waals surface area contributed by atoms with Crippen molar-refractivity contribution in [2.45, 2.75) is 32.4 Å². The van der Waals surface area contributed by atoms with Gasteiger partial charge in [0, 0.05) is 18.9 Å². The summed E-state index contributed by atoms with van der Waals surface area (Å²) in [5.74, 6) is -4.69. The number of rotatable bonds is 2. The van der Waals surface area contributed by atoms with Crippen LogP contribution in [0.25, 0.3) is 0 Å². The van der Waals surface area contributed by atoms with Crippen LogP contribution in [-0.4, -0.2) is 36.0 Å². The molecule has 0 aromatic rings. The van der Waals surface area contributed by atoms with Crippen LogP contribution in [0.15, 0.2) is 0 Å². The van der Waals surface area contributed by atoms with Crippen LogP contribution in [0.3, 0.4) is 0 Å². The Labute approximate surface area is 92.8 Å². The Kier molecular flexibility index (Phi) is 2.67. The lowest BCUT2D eigenvalue weighted by atomic mass is 9.94. The number of nitrogens with zero attached hydrogens (tertiary/aromatic N) is 1. The molecular weight excluding hydrogens is 219 g/mol. The number of hydrogen-bond acceptors (Lipinski definition) is 1. The van der Waals surface area contributed by atoms with E-state index in [1.54, 1.807) is 0 Å². The first-order valence-corrected chi connectivity index (χ1v) is 5.63. The van der Waals surface area contributed by atoms with Crippen molar-refractivity contribution in [3.8, 4) is 0 Å². The van der Waals surface area contributed by atoms with Crippen LogP contribution >= 0.6 is 0 Å². The van der Waals surface area contributed by atoms with Crippen molar-refractivity contribution < 1.29 is 18.0 Å². The van der Waals surface area contributed by atoms with Crippen molar-refractivity contribution >= 4 is 5.91 Å². The summed E-state index contributed by atoms with van der Waals surface area (Å²) >= 11 is 0. The molecule has 0 N–H and O–H groups in total. The molecule has 1 saturated carbocycles. The fourth-order valence-electron chi connectivity index (χ4n) is 2.30. The van der Waals surface area contributed by atoms with Gasteiger partial charge in [0.15, 0.2) is 0 Å². The van der Waals surface area contributed by atoms with E-state index in [1.807, 2.05) is 13.8 Å². The minimum Gasteiger partial charge on any atom is -0.339 e. The third kappa shape index (κ3) is 1.92. The van der Waals surface area contributed by atoms with Crippen molar-refractivity contribution in [2.24, 2.45) is 17.8 Å². The van der Waals surface area contributed by atoms with Crippen LogP contribution in [0.4, 0.5) is 13.2 Å². The standard InChI is InChI=1S/C11H16F3NO/c1-6(2)7-4-15(5-9(7)12)10(16)8-3-11(8,13)14/h6-9H,3-5H2,1-2H3. The van der Waals surface area contributed by atoms with Crippen molar-refractivity contribution in [3.05, 3.63) is 0 Å². The first kappa shape index (κ1) is 11.7. The average molecular weight is 235 g/mol. The van der Waals surface area contributed by atoms with E-state index in [-0.39, 0.29) is 31.3 Å². The first-order valence-electron chi connectivity index (χ1n) is 5.63. The maximum atomic E-state index is 13.5. The molecule has 0 bridgehead atoms. The lowest BCUT2D eigenvalue weighted by molar-refractivity contribution is -0.134. The number of carbonyl (C=O) groups excluding carboxylic acids is 1. The van der Waals surface area contributed by atoms with E-state index >= 15 is 0 Å². The van der Waals surface area contributed by atoms with Gasteiger partial charge in [-0.05, 0) is 5.92 Å². The molecule has 0 radical (unpaired) electrons. The van der Waals surface area contributed by atoms with Gasteiger partial charge in [-0.2, -0.15) is 0 Å². The maximum absolute atomic E-state index is 13.5. The fourth-order valence-corrected chi connectivity index (χ4v) is 2.30. The topological polar surface area (TPSA) is 20.3 Å². The van der Waals surface area contributed by atoms with Gasteiger partial charge in [0.25, 0.3) is 5.92 Å². The summed E-state index contributed by atoms with van der Waals surface area (Å²) in [7, 11) is 0. The normalized spacial score (nSPS) is 36.9. The third-order valence-corrected chi connectivity index (χ3v) is 3.58. The van der Waals surface area contributed by atoms with Gasteiger partial charge in [0.05, 0.1) is 6.54 Å². The Bertz CT molecular complexity index is 306. The van der Waals surface area contributed by atoms with Gasteiger partial charge in [-0.25, -0.2) is 13.2 Å². The van der Waals surface area contributed by atoms with E-state index in [9.17, 15) is 18.0 Å². The summed E-state index contributed by atoms with van der Waals surface area (Å²) < 4.78 is 39.0. The van der Waals surface area contributed by atoms with Gasteiger partial charge in [0.2, 0.25) is 5.91 Å². The molecule has 5 heteroatoms. The number of halogens is 3. The summed E-state index contributed by atoms with van der Waals surface area (Å²) in [6.07, 6.45) is -1.44. The van der Waals surface area contributed by atoms with Crippen LogP contribution in [0.2, 0.25) is 0 Å². The Balaban J connectivity index is 1.96. The van der Waals surface area contributed by atoms with E-state index in [4.69, 9.17) is 0 Å². The molecule has 2 nitrogen and oxygen atoms in total. The molecule has 2 rings (SSSR count). The molecule has 1 aliphatic heterocycles. The Morgan fingerprint density at radius 2 is 1.94 bits per heavy atom. The largest absolute Gasteiger partial charge is 0.339 e. The highest BCUT2D eigenvalue weighted by Gasteiger charge is 2.62. The Morgan fingerprint density at radius 3 is 2.31 bits per heavy atom. The quantitative estimate of drug-likeness (QED) is 0.717. The SMILES string of the molecule is CC(C)C1CN(C(=O)C2CC2(F)F)CC1F. The van der Waals surface area contributed by atoms with Crippen LogP contribution in [0.5, 0.6) is 0 Å². The van der Waals surface area contributed by atoms with E-state index in [0.29, 0.717) is 0 Å². The second kappa shape index (κ2) is 3.64. The van der Waals surface area contributed by atoms with E-state index in [1.165, 1.54) is 4.90 Å². The van der Waals surface area contributed by atoms with Crippen molar-refractivity contribution in [1.29, 1.82) is 0 Å². The second-order valence-electron chi connectivity index (χ2n) is 5.18. The minimum absolute atomic E-state index is 0.0196. The van der Waals surface area contributed by atoms with Gasteiger partial charge < -0.3 is 4.90 Å². The molecule has 3 atom stereocenters. The van der Waals surface area contributed by atoms with E-state index < -0.39 is 23.9 Å². The smallest absolute Gasteiger partial charge is 0.260 e. The molecule has 2 aliphatic rings. The average Bonchev–Trinajstić information content (AvgIpc) is 2.62. The predicted octanol–water partition coefficient (Wildman–Crippen LogP) is 2.09. The molecule has 1 saturated heterocycles. The minimum atomic E-state index is -2.85.